The number of methoxy groups -OCH3 is 1. The molecule has 0 atom stereocenters. The SMILES string of the molecule is COc1cccc(CC(=O)N/N=C/c2cc(C)n(-c3ccccn3)c2C)c1. The predicted octanol–water partition coefficient (Wildman–Crippen LogP) is 3.19. The van der Waals surface area contributed by atoms with Gasteiger partial charge in [-0.15, -0.1) is 0 Å². The summed E-state index contributed by atoms with van der Waals surface area (Å²) in [6, 6.07) is 15.2. The Labute approximate surface area is 158 Å². The Morgan fingerprint density at radius 3 is 2.81 bits per heavy atom. The summed E-state index contributed by atoms with van der Waals surface area (Å²) < 4.78 is 7.22. The fourth-order valence-electron chi connectivity index (χ4n) is 2.94. The van der Waals surface area contributed by atoms with Crippen LogP contribution in [0.15, 0.2) is 59.8 Å². The van der Waals surface area contributed by atoms with Crippen molar-refractivity contribution in [1.29, 1.82) is 0 Å². The van der Waals surface area contributed by atoms with Crippen LogP contribution in [0.5, 0.6) is 5.75 Å². The molecule has 6 nitrogen and oxygen atoms in total. The Morgan fingerprint density at radius 1 is 1.22 bits per heavy atom. The molecular weight excluding hydrogens is 340 g/mol. The van der Waals surface area contributed by atoms with Crippen molar-refractivity contribution in [2.75, 3.05) is 7.11 Å². The van der Waals surface area contributed by atoms with Gasteiger partial charge in [0.15, 0.2) is 0 Å². The van der Waals surface area contributed by atoms with Crippen LogP contribution in [0.1, 0.15) is 22.5 Å². The summed E-state index contributed by atoms with van der Waals surface area (Å²) in [5.41, 5.74) is 6.44. The van der Waals surface area contributed by atoms with Crippen molar-refractivity contribution in [2.45, 2.75) is 20.3 Å². The van der Waals surface area contributed by atoms with Gasteiger partial charge in [0.1, 0.15) is 11.6 Å². The number of ether oxygens (including phenoxy) is 1. The van der Waals surface area contributed by atoms with Gasteiger partial charge < -0.3 is 9.30 Å². The zero-order valence-electron chi connectivity index (χ0n) is 15.6. The number of nitrogens with one attached hydrogen (secondary N) is 1. The van der Waals surface area contributed by atoms with Gasteiger partial charge in [0.2, 0.25) is 5.91 Å². The molecule has 0 saturated carbocycles. The van der Waals surface area contributed by atoms with Gasteiger partial charge in [-0.3, -0.25) is 4.79 Å². The van der Waals surface area contributed by atoms with Crippen LogP contribution in [-0.2, 0) is 11.2 Å². The highest BCUT2D eigenvalue weighted by Crippen LogP contribution is 2.18. The van der Waals surface area contributed by atoms with Gasteiger partial charge in [-0.1, -0.05) is 18.2 Å². The lowest BCUT2D eigenvalue weighted by Crippen LogP contribution is -2.19. The third kappa shape index (κ3) is 4.41. The monoisotopic (exact) mass is 362 g/mol. The van der Waals surface area contributed by atoms with Gasteiger partial charge in [0.05, 0.1) is 19.7 Å². The second kappa shape index (κ2) is 8.31. The number of hydrogen-bond donors (Lipinski definition) is 1. The molecule has 2 aromatic heterocycles. The number of aryl methyl sites for hydroxylation is 1. The van der Waals surface area contributed by atoms with Crippen molar-refractivity contribution in [2.24, 2.45) is 5.10 Å². The zero-order chi connectivity index (χ0) is 19.2. The minimum Gasteiger partial charge on any atom is -0.497 e. The highest BCUT2D eigenvalue weighted by molar-refractivity contribution is 5.84. The lowest BCUT2D eigenvalue weighted by Gasteiger charge is -2.07. The molecule has 1 amide bonds. The van der Waals surface area contributed by atoms with Crippen molar-refractivity contribution in [3.05, 3.63) is 77.2 Å². The summed E-state index contributed by atoms with van der Waals surface area (Å²) in [6.45, 7) is 4.02. The number of rotatable bonds is 6. The number of benzene rings is 1. The third-order valence-electron chi connectivity index (χ3n) is 4.24. The molecule has 3 rings (SSSR count). The van der Waals surface area contributed by atoms with Gasteiger partial charge >= 0.3 is 0 Å². The van der Waals surface area contributed by atoms with E-state index in [-0.39, 0.29) is 12.3 Å². The average Bonchev–Trinajstić information content (AvgIpc) is 2.96. The number of nitrogens with zero attached hydrogens (tertiary/aromatic N) is 3. The van der Waals surface area contributed by atoms with Crippen LogP contribution in [0.3, 0.4) is 0 Å². The van der Waals surface area contributed by atoms with E-state index in [2.05, 4.69) is 20.1 Å². The molecule has 0 spiro atoms. The minimum absolute atomic E-state index is 0.182. The zero-order valence-corrected chi connectivity index (χ0v) is 15.6. The molecule has 0 unspecified atom stereocenters. The number of carbonyl (C=O) groups is 1. The highest BCUT2D eigenvalue weighted by atomic mass is 16.5. The first kappa shape index (κ1) is 18.4. The number of carbonyl (C=O) groups excluding carboxylic acids is 1. The number of hydrazone groups is 1. The summed E-state index contributed by atoms with van der Waals surface area (Å²) in [5.74, 6) is 1.40. The molecule has 0 aliphatic heterocycles. The molecule has 3 aromatic rings. The molecule has 0 radical (unpaired) electrons. The average molecular weight is 362 g/mol. The Hall–Kier alpha value is -3.41. The fourth-order valence-corrected chi connectivity index (χ4v) is 2.94. The van der Waals surface area contributed by atoms with E-state index in [1.165, 1.54) is 0 Å². The molecule has 6 heteroatoms. The van der Waals surface area contributed by atoms with Gasteiger partial charge in [-0.25, -0.2) is 10.4 Å². The van der Waals surface area contributed by atoms with E-state index >= 15 is 0 Å². The highest BCUT2D eigenvalue weighted by Gasteiger charge is 2.10. The molecule has 1 aromatic carbocycles. The number of hydrogen-bond acceptors (Lipinski definition) is 4. The van der Waals surface area contributed by atoms with Crippen molar-refractivity contribution in [3.8, 4) is 11.6 Å². The van der Waals surface area contributed by atoms with Gasteiger partial charge in [0.25, 0.3) is 0 Å². The minimum atomic E-state index is -0.182. The van der Waals surface area contributed by atoms with Crippen molar-refractivity contribution >= 4 is 12.1 Å². The topological polar surface area (TPSA) is 68.5 Å². The molecule has 0 fully saturated rings. The van der Waals surface area contributed by atoms with E-state index in [0.29, 0.717) is 0 Å². The summed E-state index contributed by atoms with van der Waals surface area (Å²) >= 11 is 0. The molecule has 138 valence electrons. The number of amides is 1. The van der Waals surface area contributed by atoms with Crippen LogP contribution in [0.25, 0.3) is 5.82 Å². The van der Waals surface area contributed by atoms with E-state index in [0.717, 1.165) is 34.1 Å². The largest absolute Gasteiger partial charge is 0.497 e. The maximum absolute atomic E-state index is 12.1. The maximum atomic E-state index is 12.1. The first-order chi connectivity index (χ1) is 13.1. The predicted molar refractivity (Wildman–Crippen MR) is 105 cm³/mol. The van der Waals surface area contributed by atoms with Crippen molar-refractivity contribution < 1.29 is 9.53 Å². The molecule has 0 saturated heterocycles. The Balaban J connectivity index is 1.67. The van der Waals surface area contributed by atoms with Crippen LogP contribution in [-0.4, -0.2) is 28.8 Å². The van der Waals surface area contributed by atoms with Crippen molar-refractivity contribution in [1.82, 2.24) is 15.0 Å². The summed E-state index contributed by atoms with van der Waals surface area (Å²) in [4.78, 5) is 16.5. The van der Waals surface area contributed by atoms with Crippen LogP contribution in [0, 0.1) is 13.8 Å². The summed E-state index contributed by atoms with van der Waals surface area (Å²) in [7, 11) is 1.60. The van der Waals surface area contributed by atoms with Crippen LogP contribution in [0.4, 0.5) is 0 Å². The number of pyridine rings is 1. The molecule has 2 heterocycles. The normalized spacial score (nSPS) is 10.9. The third-order valence-corrected chi connectivity index (χ3v) is 4.24. The Bertz CT molecular complexity index is 962. The van der Waals surface area contributed by atoms with E-state index < -0.39 is 0 Å². The van der Waals surface area contributed by atoms with Gasteiger partial charge in [0, 0.05) is 23.1 Å². The van der Waals surface area contributed by atoms with E-state index in [1.807, 2.05) is 62.4 Å². The Morgan fingerprint density at radius 2 is 2.07 bits per heavy atom. The van der Waals surface area contributed by atoms with E-state index in [1.54, 1.807) is 19.5 Å². The summed E-state index contributed by atoms with van der Waals surface area (Å²) in [6.07, 6.45) is 3.66. The second-order valence-corrected chi connectivity index (χ2v) is 6.17. The molecule has 0 bridgehead atoms. The molecule has 0 aliphatic rings. The van der Waals surface area contributed by atoms with Crippen molar-refractivity contribution in [3.63, 3.8) is 0 Å². The van der Waals surface area contributed by atoms with E-state index in [9.17, 15) is 4.79 Å². The summed E-state index contributed by atoms with van der Waals surface area (Å²) in [5, 5.41) is 4.10. The lowest BCUT2D eigenvalue weighted by atomic mass is 10.1. The fraction of sp³-hybridized carbons (Fsp3) is 0.190. The molecule has 27 heavy (non-hydrogen) atoms. The second-order valence-electron chi connectivity index (χ2n) is 6.17. The van der Waals surface area contributed by atoms with Crippen LogP contribution < -0.4 is 10.2 Å². The van der Waals surface area contributed by atoms with Crippen LogP contribution in [0.2, 0.25) is 0 Å². The maximum Gasteiger partial charge on any atom is 0.244 e. The smallest absolute Gasteiger partial charge is 0.244 e. The molecular formula is C21H22N4O2. The lowest BCUT2D eigenvalue weighted by molar-refractivity contribution is -0.120. The van der Waals surface area contributed by atoms with Gasteiger partial charge in [-0.05, 0) is 49.7 Å². The van der Waals surface area contributed by atoms with E-state index in [4.69, 9.17) is 4.74 Å². The molecule has 0 aliphatic carbocycles. The molecule has 1 N–H and O–H groups in total. The van der Waals surface area contributed by atoms with Crippen LogP contribution >= 0.6 is 0 Å². The first-order valence-corrected chi connectivity index (χ1v) is 8.63. The Kier molecular flexibility index (Phi) is 5.66. The van der Waals surface area contributed by atoms with Gasteiger partial charge in [-0.2, -0.15) is 5.10 Å². The quantitative estimate of drug-likeness (QED) is 0.541. The number of aromatic nitrogens is 2. The standard InChI is InChI=1S/C21H22N4O2/c1-15-11-18(16(2)25(15)20-9-4-5-10-22-20)14-23-24-21(26)13-17-7-6-8-19(12-17)27-3/h4-12,14H,13H2,1-3H3,(H,24,26)/b23-14+. The first-order valence-electron chi connectivity index (χ1n) is 8.63.